The van der Waals surface area contributed by atoms with Crippen LogP contribution in [0.1, 0.15) is 16.7 Å². The minimum absolute atomic E-state index is 0.117. The average molecular weight is 401 g/mol. The summed E-state index contributed by atoms with van der Waals surface area (Å²) in [5.74, 6) is 0.951. The zero-order chi connectivity index (χ0) is 20.1. The highest BCUT2D eigenvalue weighted by atomic mass is 32.2. The molecule has 1 amide bonds. The third kappa shape index (κ3) is 4.77. The van der Waals surface area contributed by atoms with Crippen molar-refractivity contribution in [2.45, 2.75) is 19.1 Å². The molecule has 0 atom stereocenters. The van der Waals surface area contributed by atoms with E-state index in [9.17, 15) is 4.79 Å². The smallest absolute Gasteiger partial charge is 0.233 e. The van der Waals surface area contributed by atoms with Crippen LogP contribution >= 0.6 is 11.8 Å². The van der Waals surface area contributed by atoms with E-state index in [2.05, 4.69) is 60.4 Å². The first-order valence-electron chi connectivity index (χ1n) is 9.87. The molecule has 0 fully saturated rings. The predicted octanol–water partition coefficient (Wildman–Crippen LogP) is 5.34. The predicted molar refractivity (Wildman–Crippen MR) is 122 cm³/mol. The minimum Gasteiger partial charge on any atom is -0.289 e. The fourth-order valence-corrected chi connectivity index (χ4v) is 4.55. The molecule has 4 heteroatoms. The second-order valence-corrected chi connectivity index (χ2v) is 8.11. The van der Waals surface area contributed by atoms with Crippen molar-refractivity contribution in [1.29, 1.82) is 0 Å². The van der Waals surface area contributed by atoms with Crippen molar-refractivity contribution in [3.05, 3.63) is 95.6 Å². The van der Waals surface area contributed by atoms with Gasteiger partial charge in [0.2, 0.25) is 5.91 Å². The van der Waals surface area contributed by atoms with Gasteiger partial charge in [-0.25, -0.2) is 0 Å². The molecule has 0 unspecified atom stereocenters. The summed E-state index contributed by atoms with van der Waals surface area (Å²) in [6.45, 7) is 3.49. The molecule has 3 nitrogen and oxygen atoms in total. The lowest BCUT2D eigenvalue weighted by atomic mass is 10.0. The Morgan fingerprint density at radius 3 is 2.38 bits per heavy atom. The summed E-state index contributed by atoms with van der Waals surface area (Å²) < 4.78 is 0. The molecule has 0 aliphatic carbocycles. The highest BCUT2D eigenvalue weighted by molar-refractivity contribution is 8.13. The first kappa shape index (κ1) is 19.5. The van der Waals surface area contributed by atoms with Crippen LogP contribution in [0.5, 0.6) is 0 Å². The number of carbonyl (C=O) groups is 1. The van der Waals surface area contributed by atoms with E-state index in [1.807, 2.05) is 35.2 Å². The molecule has 146 valence electrons. The molecule has 3 aromatic rings. The van der Waals surface area contributed by atoms with Crippen LogP contribution in [0, 0.1) is 6.92 Å². The van der Waals surface area contributed by atoms with Gasteiger partial charge in [0.05, 0.1) is 13.0 Å². The van der Waals surface area contributed by atoms with Gasteiger partial charge in [0, 0.05) is 12.3 Å². The standard InChI is InChI=1S/C25H24N2OS/c1-19-7-5-6-10-23(19)18-29-25-26-15-16-27(25)24(28)17-20-11-13-22(14-12-20)21-8-3-2-4-9-21/h2-14H,15-18H2,1H3. The van der Waals surface area contributed by atoms with Gasteiger partial charge in [0.1, 0.15) is 0 Å². The SMILES string of the molecule is Cc1ccccc1CSC1=NCCN1C(=O)Cc1ccc(-c2ccccc2)cc1. The number of aliphatic imine (C=N–C) groups is 1. The number of hydrogen-bond acceptors (Lipinski definition) is 3. The molecule has 3 aromatic carbocycles. The lowest BCUT2D eigenvalue weighted by Crippen LogP contribution is -2.34. The molecule has 0 saturated carbocycles. The van der Waals surface area contributed by atoms with Crippen molar-refractivity contribution >= 4 is 22.8 Å². The van der Waals surface area contributed by atoms with Crippen molar-refractivity contribution in [3.8, 4) is 11.1 Å². The van der Waals surface area contributed by atoms with Gasteiger partial charge in [0.15, 0.2) is 5.17 Å². The van der Waals surface area contributed by atoms with Crippen LogP contribution in [0.3, 0.4) is 0 Å². The van der Waals surface area contributed by atoms with E-state index in [-0.39, 0.29) is 5.91 Å². The molecular formula is C25H24N2OS. The maximum absolute atomic E-state index is 12.9. The average Bonchev–Trinajstić information content (AvgIpc) is 3.23. The number of aryl methyl sites for hydroxylation is 1. The van der Waals surface area contributed by atoms with Gasteiger partial charge < -0.3 is 0 Å². The number of amides is 1. The van der Waals surface area contributed by atoms with Gasteiger partial charge in [-0.3, -0.25) is 14.7 Å². The quantitative estimate of drug-likeness (QED) is 0.579. The van der Waals surface area contributed by atoms with E-state index in [0.717, 1.165) is 16.5 Å². The summed E-state index contributed by atoms with van der Waals surface area (Å²) in [5, 5.41) is 0.846. The van der Waals surface area contributed by atoms with Crippen LogP contribution in [0.2, 0.25) is 0 Å². The Morgan fingerprint density at radius 2 is 1.62 bits per heavy atom. The molecule has 0 N–H and O–H groups in total. The molecule has 0 radical (unpaired) electrons. The highest BCUT2D eigenvalue weighted by Gasteiger charge is 2.24. The summed E-state index contributed by atoms with van der Waals surface area (Å²) in [6.07, 6.45) is 0.402. The Bertz CT molecular complexity index is 1010. The van der Waals surface area contributed by atoms with Crippen molar-refractivity contribution in [2.75, 3.05) is 13.1 Å². The molecule has 29 heavy (non-hydrogen) atoms. The Balaban J connectivity index is 1.37. The summed E-state index contributed by atoms with van der Waals surface area (Å²) in [4.78, 5) is 19.3. The Labute approximate surface area is 176 Å². The molecule has 1 aliphatic rings. The maximum Gasteiger partial charge on any atom is 0.233 e. The molecule has 0 aromatic heterocycles. The third-order valence-corrected chi connectivity index (χ3v) is 6.20. The first-order chi connectivity index (χ1) is 14.2. The van der Waals surface area contributed by atoms with Crippen LogP contribution in [0.15, 0.2) is 83.9 Å². The van der Waals surface area contributed by atoms with Gasteiger partial charge in [-0.15, -0.1) is 0 Å². The Hall–Kier alpha value is -2.85. The van der Waals surface area contributed by atoms with Crippen molar-refractivity contribution in [3.63, 3.8) is 0 Å². The zero-order valence-electron chi connectivity index (χ0n) is 16.5. The second-order valence-electron chi connectivity index (χ2n) is 7.16. The van der Waals surface area contributed by atoms with E-state index in [4.69, 9.17) is 0 Å². The maximum atomic E-state index is 12.9. The summed E-state index contributed by atoms with van der Waals surface area (Å²) in [7, 11) is 0. The van der Waals surface area contributed by atoms with Gasteiger partial charge >= 0.3 is 0 Å². The van der Waals surface area contributed by atoms with E-state index < -0.39 is 0 Å². The number of carbonyl (C=O) groups excluding carboxylic acids is 1. The number of nitrogens with zero attached hydrogens (tertiary/aromatic N) is 2. The van der Waals surface area contributed by atoms with E-state index in [0.29, 0.717) is 19.5 Å². The number of benzene rings is 3. The molecule has 0 spiro atoms. The largest absolute Gasteiger partial charge is 0.289 e. The lowest BCUT2D eigenvalue weighted by Gasteiger charge is -2.18. The van der Waals surface area contributed by atoms with Gasteiger partial charge in [-0.05, 0) is 34.7 Å². The Kier molecular flexibility index (Phi) is 6.11. The fraction of sp³-hybridized carbons (Fsp3) is 0.200. The summed E-state index contributed by atoms with van der Waals surface area (Å²) in [6, 6.07) is 26.9. The molecule has 0 saturated heterocycles. The van der Waals surface area contributed by atoms with Gasteiger partial charge in [-0.2, -0.15) is 0 Å². The molecule has 1 heterocycles. The molecular weight excluding hydrogens is 376 g/mol. The Morgan fingerprint density at radius 1 is 0.931 bits per heavy atom. The van der Waals surface area contributed by atoms with Crippen molar-refractivity contribution in [1.82, 2.24) is 4.90 Å². The molecule has 0 bridgehead atoms. The first-order valence-corrected chi connectivity index (χ1v) is 10.9. The number of hydrogen-bond donors (Lipinski definition) is 0. The minimum atomic E-state index is 0.117. The fourth-order valence-electron chi connectivity index (χ4n) is 3.41. The summed E-state index contributed by atoms with van der Waals surface area (Å²) >= 11 is 1.65. The van der Waals surface area contributed by atoms with E-state index >= 15 is 0 Å². The number of amidine groups is 1. The van der Waals surface area contributed by atoms with E-state index in [1.54, 1.807) is 11.8 Å². The zero-order valence-corrected chi connectivity index (χ0v) is 17.4. The number of thioether (sulfide) groups is 1. The van der Waals surface area contributed by atoms with Gasteiger partial charge in [-0.1, -0.05) is 90.6 Å². The highest BCUT2D eigenvalue weighted by Crippen LogP contribution is 2.23. The van der Waals surface area contributed by atoms with Gasteiger partial charge in [0.25, 0.3) is 0 Å². The van der Waals surface area contributed by atoms with Crippen LogP contribution in [-0.4, -0.2) is 29.1 Å². The normalized spacial score (nSPS) is 13.4. The number of rotatable bonds is 5. The lowest BCUT2D eigenvalue weighted by molar-refractivity contribution is -0.126. The summed E-state index contributed by atoms with van der Waals surface area (Å²) in [5.41, 5.74) is 5.95. The van der Waals surface area contributed by atoms with Crippen LogP contribution < -0.4 is 0 Å². The van der Waals surface area contributed by atoms with Crippen molar-refractivity contribution in [2.24, 2.45) is 4.99 Å². The second kappa shape index (κ2) is 9.10. The van der Waals surface area contributed by atoms with Crippen LogP contribution in [0.4, 0.5) is 0 Å². The monoisotopic (exact) mass is 400 g/mol. The molecule has 4 rings (SSSR count). The van der Waals surface area contributed by atoms with Crippen LogP contribution in [0.25, 0.3) is 11.1 Å². The topological polar surface area (TPSA) is 32.7 Å². The third-order valence-electron chi connectivity index (χ3n) is 5.14. The van der Waals surface area contributed by atoms with Crippen LogP contribution in [-0.2, 0) is 17.0 Å². The van der Waals surface area contributed by atoms with E-state index in [1.165, 1.54) is 22.3 Å². The molecule has 1 aliphatic heterocycles. The van der Waals surface area contributed by atoms with Crippen molar-refractivity contribution < 1.29 is 4.79 Å².